The van der Waals surface area contributed by atoms with E-state index in [2.05, 4.69) is 5.32 Å². The number of aryl methyl sites for hydroxylation is 1. The van der Waals surface area contributed by atoms with Crippen LogP contribution in [0.2, 0.25) is 0 Å². The summed E-state index contributed by atoms with van der Waals surface area (Å²) >= 11 is 0. The van der Waals surface area contributed by atoms with E-state index in [0.29, 0.717) is 23.4 Å². The van der Waals surface area contributed by atoms with Crippen LogP contribution in [-0.4, -0.2) is 37.2 Å². The van der Waals surface area contributed by atoms with Crippen LogP contribution in [-0.2, 0) is 0 Å². The third-order valence-corrected chi connectivity index (χ3v) is 3.31. The van der Waals surface area contributed by atoms with Crippen LogP contribution < -0.4 is 5.32 Å². The average Bonchev–Trinajstić information content (AvgIpc) is 2.47. The maximum absolute atomic E-state index is 12.2. The molecule has 0 unspecified atom stereocenters. The lowest BCUT2D eigenvalue weighted by Gasteiger charge is -2.10. The van der Waals surface area contributed by atoms with E-state index in [9.17, 15) is 9.59 Å². The van der Waals surface area contributed by atoms with Crippen molar-refractivity contribution in [3.63, 3.8) is 0 Å². The number of carbonyl (C=O) groups excluding carboxylic acids is 2. The second kappa shape index (κ2) is 7.00. The van der Waals surface area contributed by atoms with E-state index >= 15 is 0 Å². The normalized spacial score (nSPS) is 10.5. The van der Waals surface area contributed by atoms with Crippen molar-refractivity contribution in [2.45, 2.75) is 6.92 Å². The molecule has 0 bridgehead atoms. The van der Waals surface area contributed by atoms with Gasteiger partial charge in [-0.15, -0.1) is 0 Å². The van der Waals surface area contributed by atoms with E-state index in [0.717, 1.165) is 5.56 Å². The van der Waals surface area contributed by atoms with Gasteiger partial charge in [-0.1, -0.05) is 18.2 Å². The Morgan fingerprint density at radius 1 is 1.00 bits per heavy atom. The van der Waals surface area contributed by atoms with Crippen molar-refractivity contribution in [1.29, 1.82) is 0 Å². The summed E-state index contributed by atoms with van der Waals surface area (Å²) in [6, 6.07) is 14.4. The SMILES string of the molecule is Cc1ccccc1C(=O)Nc1ccc(C(=O)CN(C)C)cc1. The molecule has 0 aromatic heterocycles. The highest BCUT2D eigenvalue weighted by Gasteiger charge is 2.10. The van der Waals surface area contributed by atoms with Crippen molar-refractivity contribution in [3.8, 4) is 0 Å². The molecule has 0 fully saturated rings. The molecule has 0 heterocycles. The summed E-state index contributed by atoms with van der Waals surface area (Å²) in [5.41, 5.74) is 2.89. The Bertz CT molecular complexity index is 676. The third-order valence-electron chi connectivity index (χ3n) is 3.31. The minimum Gasteiger partial charge on any atom is -0.322 e. The Morgan fingerprint density at radius 3 is 2.23 bits per heavy atom. The molecule has 2 rings (SSSR count). The molecule has 114 valence electrons. The van der Waals surface area contributed by atoms with Gasteiger partial charge >= 0.3 is 0 Å². The van der Waals surface area contributed by atoms with Crippen molar-refractivity contribution in [2.24, 2.45) is 0 Å². The van der Waals surface area contributed by atoms with Crippen LogP contribution in [0.5, 0.6) is 0 Å². The first kappa shape index (κ1) is 15.9. The average molecular weight is 296 g/mol. The summed E-state index contributed by atoms with van der Waals surface area (Å²) in [5, 5.41) is 2.85. The Hall–Kier alpha value is -2.46. The van der Waals surface area contributed by atoms with Gasteiger partial charge in [0, 0.05) is 16.8 Å². The zero-order valence-corrected chi connectivity index (χ0v) is 13.1. The molecule has 0 atom stereocenters. The van der Waals surface area contributed by atoms with Crippen LogP contribution in [0.3, 0.4) is 0 Å². The Kier molecular flexibility index (Phi) is 5.07. The highest BCUT2D eigenvalue weighted by Crippen LogP contribution is 2.14. The number of likely N-dealkylation sites (N-methyl/N-ethyl adjacent to an activating group) is 1. The highest BCUT2D eigenvalue weighted by atomic mass is 16.1. The molecule has 1 amide bonds. The fourth-order valence-electron chi connectivity index (χ4n) is 2.14. The van der Waals surface area contributed by atoms with Gasteiger partial charge in [0.15, 0.2) is 5.78 Å². The highest BCUT2D eigenvalue weighted by molar-refractivity contribution is 6.05. The predicted molar refractivity (Wildman–Crippen MR) is 88.5 cm³/mol. The molecule has 0 aliphatic carbocycles. The second-order valence-electron chi connectivity index (χ2n) is 5.51. The van der Waals surface area contributed by atoms with Crippen LogP contribution in [0.4, 0.5) is 5.69 Å². The van der Waals surface area contributed by atoms with E-state index < -0.39 is 0 Å². The topological polar surface area (TPSA) is 49.4 Å². The van der Waals surface area contributed by atoms with Gasteiger partial charge in [-0.25, -0.2) is 0 Å². The number of rotatable bonds is 5. The molecule has 1 N–H and O–H groups in total. The summed E-state index contributed by atoms with van der Waals surface area (Å²) < 4.78 is 0. The first-order chi connectivity index (χ1) is 10.5. The molecule has 2 aromatic carbocycles. The molecule has 0 radical (unpaired) electrons. The van der Waals surface area contributed by atoms with Crippen molar-refractivity contribution in [2.75, 3.05) is 26.0 Å². The van der Waals surface area contributed by atoms with E-state index in [1.54, 1.807) is 30.3 Å². The first-order valence-corrected chi connectivity index (χ1v) is 7.12. The number of benzene rings is 2. The number of nitrogens with zero attached hydrogens (tertiary/aromatic N) is 1. The summed E-state index contributed by atoms with van der Waals surface area (Å²) in [7, 11) is 3.71. The molecule has 22 heavy (non-hydrogen) atoms. The lowest BCUT2D eigenvalue weighted by molar-refractivity contribution is 0.0957. The number of Topliss-reactive ketones (excluding diaryl/α,β-unsaturated/α-hetero) is 1. The molecule has 2 aromatic rings. The number of hydrogen-bond donors (Lipinski definition) is 1. The number of hydrogen-bond acceptors (Lipinski definition) is 3. The summed E-state index contributed by atoms with van der Waals surface area (Å²) in [6.45, 7) is 2.27. The van der Waals surface area contributed by atoms with Crippen LogP contribution in [0, 0.1) is 6.92 Å². The minimum absolute atomic E-state index is 0.0572. The van der Waals surface area contributed by atoms with Gasteiger partial charge in [0.25, 0.3) is 5.91 Å². The Labute approximate surface area is 130 Å². The minimum atomic E-state index is -0.148. The molecule has 4 heteroatoms. The molecule has 0 aliphatic heterocycles. The van der Waals surface area contributed by atoms with Gasteiger partial charge in [0.1, 0.15) is 0 Å². The smallest absolute Gasteiger partial charge is 0.255 e. The molecular formula is C18H20N2O2. The molecular weight excluding hydrogens is 276 g/mol. The molecule has 0 saturated carbocycles. The third kappa shape index (κ3) is 4.02. The first-order valence-electron chi connectivity index (χ1n) is 7.12. The zero-order valence-electron chi connectivity index (χ0n) is 13.1. The van der Waals surface area contributed by atoms with Crippen molar-refractivity contribution >= 4 is 17.4 Å². The predicted octanol–water partition coefficient (Wildman–Crippen LogP) is 2.99. The van der Waals surface area contributed by atoms with E-state index in [-0.39, 0.29) is 11.7 Å². The van der Waals surface area contributed by atoms with Gasteiger partial charge < -0.3 is 10.2 Å². The van der Waals surface area contributed by atoms with Crippen LogP contribution >= 0.6 is 0 Å². The Balaban J connectivity index is 2.07. The summed E-state index contributed by atoms with van der Waals surface area (Å²) in [6.07, 6.45) is 0. The number of anilines is 1. The van der Waals surface area contributed by atoms with Crippen LogP contribution in [0.1, 0.15) is 26.3 Å². The number of carbonyl (C=O) groups is 2. The van der Waals surface area contributed by atoms with Crippen LogP contribution in [0.25, 0.3) is 0 Å². The number of amides is 1. The lowest BCUT2D eigenvalue weighted by Crippen LogP contribution is -2.21. The Morgan fingerprint density at radius 2 is 1.64 bits per heavy atom. The van der Waals surface area contributed by atoms with Crippen molar-refractivity contribution < 1.29 is 9.59 Å². The van der Waals surface area contributed by atoms with Gasteiger partial charge in [-0.3, -0.25) is 9.59 Å². The van der Waals surface area contributed by atoms with Gasteiger partial charge in [-0.2, -0.15) is 0 Å². The van der Waals surface area contributed by atoms with Gasteiger partial charge in [0.05, 0.1) is 6.54 Å². The maximum atomic E-state index is 12.2. The van der Waals surface area contributed by atoms with Crippen molar-refractivity contribution in [3.05, 3.63) is 65.2 Å². The summed E-state index contributed by atoms with van der Waals surface area (Å²) in [4.78, 5) is 26.0. The largest absolute Gasteiger partial charge is 0.322 e. The van der Waals surface area contributed by atoms with Gasteiger partial charge in [-0.05, 0) is 56.9 Å². The quantitative estimate of drug-likeness (QED) is 0.863. The number of ketones is 1. The second-order valence-corrected chi connectivity index (χ2v) is 5.51. The molecule has 0 aliphatic rings. The molecule has 0 spiro atoms. The number of nitrogens with one attached hydrogen (secondary N) is 1. The fourth-order valence-corrected chi connectivity index (χ4v) is 2.14. The lowest BCUT2D eigenvalue weighted by atomic mass is 10.1. The van der Waals surface area contributed by atoms with E-state index in [1.165, 1.54) is 0 Å². The molecule has 0 saturated heterocycles. The standard InChI is InChI=1S/C18H20N2O2/c1-13-6-4-5-7-16(13)18(22)19-15-10-8-14(9-11-15)17(21)12-20(2)3/h4-11H,12H2,1-3H3,(H,19,22). The van der Waals surface area contributed by atoms with Crippen LogP contribution in [0.15, 0.2) is 48.5 Å². The van der Waals surface area contributed by atoms with E-state index in [4.69, 9.17) is 0 Å². The maximum Gasteiger partial charge on any atom is 0.255 e. The fraction of sp³-hybridized carbons (Fsp3) is 0.222. The van der Waals surface area contributed by atoms with E-state index in [1.807, 2.05) is 44.1 Å². The van der Waals surface area contributed by atoms with Gasteiger partial charge in [0.2, 0.25) is 0 Å². The monoisotopic (exact) mass is 296 g/mol. The zero-order chi connectivity index (χ0) is 16.1. The van der Waals surface area contributed by atoms with Crippen molar-refractivity contribution in [1.82, 2.24) is 4.90 Å². The summed E-state index contributed by atoms with van der Waals surface area (Å²) in [5.74, 6) is -0.0905. The molecule has 4 nitrogen and oxygen atoms in total.